The molecule has 108 valence electrons. The molecule has 1 aromatic rings. The van der Waals surface area contributed by atoms with Crippen molar-refractivity contribution in [3.63, 3.8) is 0 Å². The summed E-state index contributed by atoms with van der Waals surface area (Å²) in [5.74, 6) is 0.451. The Morgan fingerprint density at radius 2 is 2.05 bits per heavy atom. The van der Waals surface area contributed by atoms with Crippen LogP contribution in [0.2, 0.25) is 5.02 Å². The molecule has 1 aromatic heterocycles. The van der Waals surface area contributed by atoms with Crippen LogP contribution in [0, 0.1) is 5.92 Å². The number of nitrogens with zero attached hydrogens (tertiary/aromatic N) is 3. The molecular formula is C13H23ClN4O. The Kier molecular flexibility index (Phi) is 5.82. The lowest BCUT2D eigenvalue weighted by atomic mass is 10.1. The van der Waals surface area contributed by atoms with Crippen LogP contribution in [0.5, 0.6) is 0 Å². The molecule has 5 nitrogen and oxygen atoms in total. The Balaban J connectivity index is 2.88. The van der Waals surface area contributed by atoms with E-state index in [9.17, 15) is 4.79 Å². The van der Waals surface area contributed by atoms with Crippen LogP contribution in [0.4, 0.5) is 5.69 Å². The van der Waals surface area contributed by atoms with Gasteiger partial charge in [-0.1, -0.05) is 25.4 Å². The van der Waals surface area contributed by atoms with Crippen LogP contribution in [0.1, 0.15) is 20.8 Å². The van der Waals surface area contributed by atoms with Crippen molar-refractivity contribution in [2.75, 3.05) is 26.0 Å². The van der Waals surface area contributed by atoms with Crippen molar-refractivity contribution in [3.8, 4) is 0 Å². The highest BCUT2D eigenvalue weighted by Gasteiger charge is 2.13. The fourth-order valence-electron chi connectivity index (χ4n) is 1.43. The van der Waals surface area contributed by atoms with E-state index in [0.29, 0.717) is 18.2 Å². The lowest BCUT2D eigenvalue weighted by Crippen LogP contribution is -2.30. The van der Waals surface area contributed by atoms with E-state index in [1.807, 2.05) is 19.0 Å². The van der Waals surface area contributed by atoms with Crippen molar-refractivity contribution in [1.82, 2.24) is 14.7 Å². The van der Waals surface area contributed by atoms with Crippen LogP contribution in [0.3, 0.4) is 0 Å². The molecule has 0 saturated heterocycles. The zero-order chi connectivity index (χ0) is 14.6. The Labute approximate surface area is 119 Å². The molecule has 0 spiro atoms. The topological polar surface area (TPSA) is 50.2 Å². The monoisotopic (exact) mass is 286 g/mol. The Morgan fingerprint density at radius 3 is 2.58 bits per heavy atom. The number of hydrogen-bond acceptors (Lipinski definition) is 4. The molecule has 1 unspecified atom stereocenters. The Morgan fingerprint density at radius 1 is 1.42 bits per heavy atom. The smallest absolute Gasteiger partial charge is 0.287 e. The molecule has 1 rings (SSSR count). The molecule has 0 radical (unpaired) electrons. The van der Waals surface area contributed by atoms with Gasteiger partial charge in [-0.15, -0.1) is 0 Å². The summed E-state index contributed by atoms with van der Waals surface area (Å²) in [6.45, 7) is 7.55. The third-order valence-electron chi connectivity index (χ3n) is 3.13. The summed E-state index contributed by atoms with van der Waals surface area (Å²) in [6.07, 6.45) is 1.62. The number of nitrogens with one attached hydrogen (secondary N) is 1. The molecule has 0 aromatic carbocycles. The molecule has 0 aliphatic rings. The van der Waals surface area contributed by atoms with Gasteiger partial charge < -0.3 is 10.2 Å². The summed E-state index contributed by atoms with van der Waals surface area (Å²) in [5, 5.41) is 7.59. The van der Waals surface area contributed by atoms with E-state index >= 15 is 0 Å². The second-order valence-corrected chi connectivity index (χ2v) is 5.76. The summed E-state index contributed by atoms with van der Waals surface area (Å²) >= 11 is 6.11. The molecule has 0 aliphatic carbocycles. The van der Waals surface area contributed by atoms with Crippen LogP contribution in [-0.4, -0.2) is 41.4 Å². The lowest BCUT2D eigenvalue weighted by molar-refractivity contribution is 0.367. The average Bonchev–Trinajstić information content (AvgIpc) is 2.33. The van der Waals surface area contributed by atoms with Crippen LogP contribution in [0.25, 0.3) is 0 Å². The molecule has 19 heavy (non-hydrogen) atoms. The zero-order valence-corrected chi connectivity index (χ0v) is 13.0. The predicted molar refractivity (Wildman–Crippen MR) is 80.0 cm³/mol. The minimum absolute atomic E-state index is 0.209. The van der Waals surface area contributed by atoms with Gasteiger partial charge in [-0.2, -0.15) is 5.10 Å². The highest BCUT2D eigenvalue weighted by atomic mass is 35.5. The van der Waals surface area contributed by atoms with E-state index in [1.165, 1.54) is 4.68 Å². The highest BCUT2D eigenvalue weighted by molar-refractivity contribution is 6.32. The van der Waals surface area contributed by atoms with Gasteiger partial charge in [0.2, 0.25) is 0 Å². The maximum atomic E-state index is 12.1. The van der Waals surface area contributed by atoms with Gasteiger partial charge in [0.15, 0.2) is 0 Å². The first-order valence-corrected chi connectivity index (χ1v) is 6.87. The summed E-state index contributed by atoms with van der Waals surface area (Å²) in [7, 11) is 3.90. The SMILES string of the molecule is CC(C)C(C)Nc1cnn(CCN(C)C)c(=O)c1Cl. The van der Waals surface area contributed by atoms with Crippen molar-refractivity contribution < 1.29 is 0 Å². The molecular weight excluding hydrogens is 264 g/mol. The molecule has 1 atom stereocenters. The minimum Gasteiger partial charge on any atom is -0.380 e. The second-order valence-electron chi connectivity index (χ2n) is 5.38. The highest BCUT2D eigenvalue weighted by Crippen LogP contribution is 2.18. The number of aromatic nitrogens is 2. The Bertz CT molecular complexity index is 470. The molecule has 1 N–H and O–H groups in total. The molecule has 0 amide bonds. The van der Waals surface area contributed by atoms with Gasteiger partial charge in [-0.25, -0.2) is 4.68 Å². The number of anilines is 1. The van der Waals surface area contributed by atoms with Crippen molar-refractivity contribution in [2.24, 2.45) is 5.92 Å². The van der Waals surface area contributed by atoms with Gasteiger partial charge >= 0.3 is 0 Å². The first-order chi connectivity index (χ1) is 8.82. The molecule has 1 heterocycles. The summed E-state index contributed by atoms with van der Waals surface area (Å²) < 4.78 is 1.40. The van der Waals surface area contributed by atoms with E-state index in [4.69, 9.17) is 11.6 Å². The van der Waals surface area contributed by atoms with Gasteiger partial charge in [0.1, 0.15) is 5.02 Å². The van der Waals surface area contributed by atoms with E-state index < -0.39 is 0 Å². The minimum atomic E-state index is -0.246. The lowest BCUT2D eigenvalue weighted by Gasteiger charge is -2.19. The molecule has 6 heteroatoms. The number of halogens is 1. The first kappa shape index (κ1) is 16.0. The number of likely N-dealkylation sites (N-methyl/N-ethyl adjacent to an activating group) is 1. The predicted octanol–water partition coefficient (Wildman–Crippen LogP) is 1.91. The number of rotatable bonds is 6. The van der Waals surface area contributed by atoms with E-state index in [1.54, 1.807) is 6.20 Å². The van der Waals surface area contributed by atoms with Gasteiger partial charge in [0.25, 0.3) is 5.56 Å². The van der Waals surface area contributed by atoms with Crippen LogP contribution < -0.4 is 10.9 Å². The zero-order valence-electron chi connectivity index (χ0n) is 12.3. The van der Waals surface area contributed by atoms with E-state index in [2.05, 4.69) is 31.2 Å². The maximum Gasteiger partial charge on any atom is 0.287 e. The second kappa shape index (κ2) is 6.91. The molecule has 0 fully saturated rings. The summed E-state index contributed by atoms with van der Waals surface area (Å²) in [4.78, 5) is 14.1. The average molecular weight is 287 g/mol. The molecule has 0 aliphatic heterocycles. The van der Waals surface area contributed by atoms with Gasteiger partial charge in [-0.3, -0.25) is 4.79 Å². The van der Waals surface area contributed by atoms with Crippen molar-refractivity contribution in [2.45, 2.75) is 33.4 Å². The first-order valence-electron chi connectivity index (χ1n) is 6.49. The maximum absolute atomic E-state index is 12.1. The summed E-state index contributed by atoms with van der Waals surface area (Å²) in [6, 6.07) is 0.233. The summed E-state index contributed by atoms with van der Waals surface area (Å²) in [5.41, 5.74) is 0.360. The quantitative estimate of drug-likeness (QED) is 0.868. The van der Waals surface area contributed by atoms with Crippen molar-refractivity contribution in [1.29, 1.82) is 0 Å². The molecule has 0 bridgehead atoms. The van der Waals surface area contributed by atoms with Gasteiger partial charge in [0, 0.05) is 12.6 Å². The van der Waals surface area contributed by atoms with Crippen LogP contribution in [0.15, 0.2) is 11.0 Å². The third kappa shape index (κ3) is 4.51. The van der Waals surface area contributed by atoms with E-state index in [-0.39, 0.29) is 16.6 Å². The van der Waals surface area contributed by atoms with Crippen LogP contribution in [-0.2, 0) is 6.54 Å². The fourth-order valence-corrected chi connectivity index (χ4v) is 1.63. The largest absolute Gasteiger partial charge is 0.380 e. The molecule has 0 saturated carbocycles. The number of hydrogen-bond donors (Lipinski definition) is 1. The van der Waals surface area contributed by atoms with Crippen molar-refractivity contribution in [3.05, 3.63) is 21.6 Å². The third-order valence-corrected chi connectivity index (χ3v) is 3.49. The van der Waals surface area contributed by atoms with Crippen molar-refractivity contribution >= 4 is 17.3 Å². The Hall–Kier alpha value is -1.07. The van der Waals surface area contributed by atoms with Gasteiger partial charge in [0.05, 0.1) is 18.4 Å². The van der Waals surface area contributed by atoms with E-state index in [0.717, 1.165) is 6.54 Å². The fraction of sp³-hybridized carbons (Fsp3) is 0.692. The van der Waals surface area contributed by atoms with Crippen LogP contribution >= 0.6 is 11.6 Å². The van der Waals surface area contributed by atoms with Gasteiger partial charge in [-0.05, 0) is 26.9 Å². The normalized spacial score (nSPS) is 13.1. The standard InChI is InChI=1S/C13H23ClN4O/c1-9(2)10(3)16-11-8-15-18(7-6-17(4)5)13(19)12(11)14/h8-10,16H,6-7H2,1-5H3.